The Kier molecular flexibility index (Phi) is 2.50. The molecule has 4 unspecified atom stereocenters. The van der Waals surface area contributed by atoms with E-state index in [1.54, 1.807) is 0 Å². The van der Waals surface area contributed by atoms with E-state index in [9.17, 15) is 0 Å². The van der Waals surface area contributed by atoms with Gasteiger partial charge in [-0.2, -0.15) is 0 Å². The standard InChI is InChI=1S/C18H16O3/c1-2-4-14-13(3-1)11-5-7-12(8-6-11)17-15(20-17)9-19-10-16-18(14)21-16/h1-8,15-18H,9-10H2. The van der Waals surface area contributed by atoms with E-state index < -0.39 is 0 Å². The first-order valence-corrected chi connectivity index (χ1v) is 7.48. The lowest BCUT2D eigenvalue weighted by molar-refractivity contribution is 0.102. The van der Waals surface area contributed by atoms with Gasteiger partial charge >= 0.3 is 0 Å². The Balaban J connectivity index is 1.60. The summed E-state index contributed by atoms with van der Waals surface area (Å²) in [4.78, 5) is 0. The maximum atomic E-state index is 5.81. The first kappa shape index (κ1) is 11.9. The molecule has 106 valence electrons. The Labute approximate surface area is 123 Å². The summed E-state index contributed by atoms with van der Waals surface area (Å²) in [7, 11) is 0. The van der Waals surface area contributed by atoms with Crippen LogP contribution >= 0.6 is 0 Å². The van der Waals surface area contributed by atoms with Crippen LogP contribution < -0.4 is 0 Å². The van der Waals surface area contributed by atoms with Gasteiger partial charge in [-0.25, -0.2) is 0 Å². The monoisotopic (exact) mass is 280 g/mol. The average Bonchev–Trinajstić information content (AvgIpc) is 3.43. The summed E-state index contributed by atoms with van der Waals surface area (Å²) < 4.78 is 17.3. The van der Waals surface area contributed by atoms with Crippen LogP contribution in [0.1, 0.15) is 23.3 Å². The fraction of sp³-hybridized carbons (Fsp3) is 0.333. The van der Waals surface area contributed by atoms with E-state index in [1.165, 1.54) is 22.3 Å². The number of epoxide rings is 2. The molecule has 2 bridgehead atoms. The molecule has 2 saturated heterocycles. The first-order chi connectivity index (χ1) is 10.4. The molecule has 4 heterocycles. The van der Waals surface area contributed by atoms with E-state index in [0.717, 1.165) is 0 Å². The molecule has 6 rings (SSSR count). The molecule has 21 heavy (non-hydrogen) atoms. The highest BCUT2D eigenvalue weighted by molar-refractivity contribution is 5.68. The molecule has 4 aliphatic heterocycles. The van der Waals surface area contributed by atoms with E-state index in [0.29, 0.717) is 13.2 Å². The number of rotatable bonds is 0. The zero-order valence-corrected chi connectivity index (χ0v) is 11.6. The van der Waals surface area contributed by atoms with Gasteiger partial charge in [0.1, 0.15) is 24.4 Å². The van der Waals surface area contributed by atoms with Crippen LogP contribution in [-0.4, -0.2) is 25.4 Å². The van der Waals surface area contributed by atoms with Crippen molar-refractivity contribution < 1.29 is 14.2 Å². The molecule has 2 aromatic rings. The predicted octanol–water partition coefficient (Wildman–Crippen LogP) is 3.26. The second-order valence-corrected chi connectivity index (χ2v) is 5.94. The molecule has 0 aliphatic carbocycles. The minimum absolute atomic E-state index is 0.164. The summed E-state index contributed by atoms with van der Waals surface area (Å²) in [6.45, 7) is 1.30. The third kappa shape index (κ3) is 2.01. The molecule has 0 saturated carbocycles. The van der Waals surface area contributed by atoms with Gasteiger partial charge in [-0.3, -0.25) is 0 Å². The molecule has 4 aliphatic rings. The van der Waals surface area contributed by atoms with Crippen LogP contribution in [-0.2, 0) is 14.2 Å². The van der Waals surface area contributed by atoms with Gasteiger partial charge in [-0.05, 0) is 22.3 Å². The van der Waals surface area contributed by atoms with Crippen molar-refractivity contribution in [1.29, 1.82) is 0 Å². The quantitative estimate of drug-likeness (QED) is 0.695. The lowest BCUT2D eigenvalue weighted by atomic mass is 9.95. The lowest BCUT2D eigenvalue weighted by Crippen LogP contribution is -2.08. The van der Waals surface area contributed by atoms with Crippen molar-refractivity contribution in [2.24, 2.45) is 0 Å². The summed E-state index contributed by atoms with van der Waals surface area (Å²) in [6, 6.07) is 17.2. The van der Waals surface area contributed by atoms with Gasteiger partial charge in [-0.15, -0.1) is 0 Å². The smallest absolute Gasteiger partial charge is 0.112 e. The minimum atomic E-state index is 0.164. The first-order valence-electron chi connectivity index (χ1n) is 7.48. The van der Waals surface area contributed by atoms with Crippen molar-refractivity contribution in [2.75, 3.05) is 13.2 Å². The molecule has 3 nitrogen and oxygen atoms in total. The van der Waals surface area contributed by atoms with Gasteiger partial charge in [0.15, 0.2) is 0 Å². The molecule has 4 atom stereocenters. The molecule has 3 heteroatoms. The van der Waals surface area contributed by atoms with Crippen molar-refractivity contribution in [2.45, 2.75) is 24.4 Å². The molecule has 2 fully saturated rings. The van der Waals surface area contributed by atoms with Gasteiger partial charge < -0.3 is 14.2 Å². The number of hydrogen-bond acceptors (Lipinski definition) is 3. The SMILES string of the molecule is c1ccc2c(c1)-c1ccc(cc1)C1OC1COCC1OC21. The maximum Gasteiger partial charge on any atom is 0.112 e. The topological polar surface area (TPSA) is 34.3 Å². The van der Waals surface area contributed by atoms with Crippen molar-refractivity contribution >= 4 is 0 Å². The summed E-state index contributed by atoms with van der Waals surface area (Å²) in [5.74, 6) is 0. The third-order valence-corrected chi connectivity index (χ3v) is 4.55. The number of fused-ring (bicyclic) bond motifs is 4. The molecule has 0 spiro atoms. The summed E-state index contributed by atoms with van der Waals surface area (Å²) in [5, 5.41) is 0. The Bertz CT molecular complexity index is 679. The summed E-state index contributed by atoms with van der Waals surface area (Å²) in [5.41, 5.74) is 5.00. The van der Waals surface area contributed by atoms with Gasteiger partial charge in [0.25, 0.3) is 0 Å². The molecule has 0 aromatic heterocycles. The molecular formula is C18H16O3. The van der Waals surface area contributed by atoms with Gasteiger partial charge in [0.2, 0.25) is 0 Å². The van der Waals surface area contributed by atoms with Gasteiger partial charge in [0.05, 0.1) is 13.2 Å². The van der Waals surface area contributed by atoms with E-state index in [2.05, 4.69) is 48.5 Å². The van der Waals surface area contributed by atoms with Crippen molar-refractivity contribution in [3.8, 4) is 11.1 Å². The summed E-state index contributed by atoms with van der Waals surface area (Å²) in [6.07, 6.45) is 0.752. The van der Waals surface area contributed by atoms with Crippen LogP contribution in [0.15, 0.2) is 48.5 Å². The Morgan fingerprint density at radius 3 is 2.33 bits per heavy atom. The van der Waals surface area contributed by atoms with Crippen LogP contribution in [0.25, 0.3) is 11.1 Å². The zero-order valence-electron chi connectivity index (χ0n) is 11.6. The minimum Gasteiger partial charge on any atom is -0.376 e. The van der Waals surface area contributed by atoms with E-state index in [-0.39, 0.29) is 24.4 Å². The third-order valence-electron chi connectivity index (χ3n) is 4.55. The number of benzene rings is 2. The Morgan fingerprint density at radius 1 is 0.762 bits per heavy atom. The molecule has 0 radical (unpaired) electrons. The zero-order chi connectivity index (χ0) is 13.8. The lowest BCUT2D eigenvalue weighted by Gasteiger charge is -2.08. The normalized spacial score (nSPS) is 32.8. The van der Waals surface area contributed by atoms with Crippen LogP contribution in [0.3, 0.4) is 0 Å². The van der Waals surface area contributed by atoms with Crippen LogP contribution in [0, 0.1) is 0 Å². The maximum absolute atomic E-state index is 5.81. The van der Waals surface area contributed by atoms with E-state index in [4.69, 9.17) is 14.2 Å². The highest BCUT2D eigenvalue weighted by Gasteiger charge is 2.44. The number of ether oxygens (including phenoxy) is 3. The second-order valence-electron chi connectivity index (χ2n) is 5.94. The molecular weight excluding hydrogens is 264 g/mol. The second kappa shape index (κ2) is 4.41. The van der Waals surface area contributed by atoms with Gasteiger partial charge in [0, 0.05) is 0 Å². The van der Waals surface area contributed by atoms with Crippen molar-refractivity contribution in [3.05, 3.63) is 59.7 Å². The Morgan fingerprint density at radius 2 is 1.48 bits per heavy atom. The highest BCUT2D eigenvalue weighted by Crippen LogP contribution is 2.45. The van der Waals surface area contributed by atoms with E-state index >= 15 is 0 Å². The highest BCUT2D eigenvalue weighted by atomic mass is 16.6. The molecule has 2 aromatic carbocycles. The molecule has 0 N–H and O–H groups in total. The number of hydrogen-bond donors (Lipinski definition) is 0. The van der Waals surface area contributed by atoms with Crippen LogP contribution in [0.5, 0.6) is 0 Å². The molecule has 0 amide bonds. The summed E-state index contributed by atoms with van der Waals surface area (Å²) >= 11 is 0. The van der Waals surface area contributed by atoms with Crippen LogP contribution in [0.2, 0.25) is 0 Å². The largest absolute Gasteiger partial charge is 0.376 e. The Hall–Kier alpha value is -1.68. The van der Waals surface area contributed by atoms with Crippen molar-refractivity contribution in [3.63, 3.8) is 0 Å². The fourth-order valence-electron chi connectivity index (χ4n) is 3.27. The predicted molar refractivity (Wildman–Crippen MR) is 77.9 cm³/mol. The van der Waals surface area contributed by atoms with E-state index in [1.807, 2.05) is 0 Å². The average molecular weight is 280 g/mol. The van der Waals surface area contributed by atoms with Crippen LogP contribution in [0.4, 0.5) is 0 Å². The fourth-order valence-corrected chi connectivity index (χ4v) is 3.27. The van der Waals surface area contributed by atoms with Crippen molar-refractivity contribution in [1.82, 2.24) is 0 Å². The van der Waals surface area contributed by atoms with Gasteiger partial charge in [-0.1, -0.05) is 48.5 Å².